The van der Waals surface area contributed by atoms with E-state index in [0.29, 0.717) is 5.92 Å². The quantitative estimate of drug-likeness (QED) is 0.887. The van der Waals surface area contributed by atoms with Gasteiger partial charge in [-0.25, -0.2) is 4.98 Å². The summed E-state index contributed by atoms with van der Waals surface area (Å²) in [6.45, 7) is 3.66. The molecule has 20 heavy (non-hydrogen) atoms. The Labute approximate surface area is 123 Å². The van der Waals surface area contributed by atoms with Crippen molar-refractivity contribution in [2.75, 3.05) is 19.0 Å². The number of furan rings is 1. The molecule has 0 unspecified atom stereocenters. The van der Waals surface area contributed by atoms with Gasteiger partial charge in [-0.1, -0.05) is 0 Å². The molecule has 2 aromatic heterocycles. The van der Waals surface area contributed by atoms with Crippen molar-refractivity contribution < 1.29 is 4.42 Å². The van der Waals surface area contributed by atoms with Crippen molar-refractivity contribution in [1.82, 2.24) is 10.3 Å². The van der Waals surface area contributed by atoms with Gasteiger partial charge in [0.05, 0.1) is 12.2 Å². The predicted molar refractivity (Wildman–Crippen MR) is 82.4 cm³/mol. The van der Waals surface area contributed by atoms with Gasteiger partial charge in [0.2, 0.25) is 0 Å². The largest absolute Gasteiger partial charge is 0.464 e. The zero-order valence-electron chi connectivity index (χ0n) is 12.3. The van der Waals surface area contributed by atoms with E-state index in [2.05, 4.69) is 17.3 Å². The van der Waals surface area contributed by atoms with Crippen molar-refractivity contribution >= 4 is 16.5 Å². The monoisotopic (exact) mass is 291 g/mol. The lowest BCUT2D eigenvalue weighted by Gasteiger charge is -2.13. The smallest absolute Gasteiger partial charge is 0.185 e. The first-order chi connectivity index (χ1) is 9.67. The first-order valence-corrected chi connectivity index (χ1v) is 7.89. The van der Waals surface area contributed by atoms with Gasteiger partial charge >= 0.3 is 0 Å². The van der Waals surface area contributed by atoms with E-state index in [0.717, 1.165) is 29.7 Å². The molecule has 0 aliphatic heterocycles. The molecule has 1 N–H and O–H groups in total. The van der Waals surface area contributed by atoms with Gasteiger partial charge in [0, 0.05) is 24.4 Å². The molecule has 1 fully saturated rings. The molecule has 1 aliphatic carbocycles. The lowest BCUT2D eigenvalue weighted by molar-refractivity contribution is 0.481. The molecule has 5 heteroatoms. The van der Waals surface area contributed by atoms with E-state index in [1.165, 1.54) is 23.4 Å². The van der Waals surface area contributed by atoms with Crippen molar-refractivity contribution in [3.8, 4) is 0 Å². The maximum absolute atomic E-state index is 5.64. The van der Waals surface area contributed by atoms with Crippen LogP contribution in [-0.2, 0) is 13.1 Å². The third-order valence-electron chi connectivity index (χ3n) is 3.53. The van der Waals surface area contributed by atoms with Crippen molar-refractivity contribution in [2.45, 2.75) is 38.8 Å². The van der Waals surface area contributed by atoms with Gasteiger partial charge in [0.15, 0.2) is 5.13 Å². The van der Waals surface area contributed by atoms with Gasteiger partial charge in [-0.05, 0) is 38.9 Å². The molecule has 0 atom stereocenters. The van der Waals surface area contributed by atoms with Crippen molar-refractivity contribution in [3.63, 3.8) is 0 Å². The minimum Gasteiger partial charge on any atom is -0.464 e. The lowest BCUT2D eigenvalue weighted by Crippen LogP contribution is -2.15. The van der Waals surface area contributed by atoms with Crippen molar-refractivity contribution in [3.05, 3.63) is 34.2 Å². The topological polar surface area (TPSA) is 41.3 Å². The number of aromatic nitrogens is 1. The lowest BCUT2D eigenvalue weighted by atomic mass is 10.2. The SMILES string of the molecule is CNCc1sc(N(C)Cc2ccc(C)o2)nc1C1CC1. The maximum atomic E-state index is 5.64. The van der Waals surface area contributed by atoms with Crippen LogP contribution in [0.25, 0.3) is 0 Å². The summed E-state index contributed by atoms with van der Waals surface area (Å²) in [7, 11) is 4.07. The molecule has 2 heterocycles. The maximum Gasteiger partial charge on any atom is 0.185 e. The molecule has 0 radical (unpaired) electrons. The number of thiazole rings is 1. The number of hydrogen-bond acceptors (Lipinski definition) is 5. The summed E-state index contributed by atoms with van der Waals surface area (Å²) in [5.74, 6) is 2.65. The molecule has 2 aromatic rings. The molecule has 4 nitrogen and oxygen atoms in total. The van der Waals surface area contributed by atoms with E-state index in [1.807, 2.05) is 26.1 Å². The van der Waals surface area contributed by atoms with Crippen LogP contribution in [0.3, 0.4) is 0 Å². The van der Waals surface area contributed by atoms with Gasteiger partial charge in [0.1, 0.15) is 11.5 Å². The fourth-order valence-corrected chi connectivity index (χ4v) is 3.47. The van der Waals surface area contributed by atoms with Crippen molar-refractivity contribution in [1.29, 1.82) is 0 Å². The molecular formula is C15H21N3OS. The zero-order chi connectivity index (χ0) is 14.1. The van der Waals surface area contributed by atoms with E-state index in [-0.39, 0.29) is 0 Å². The molecule has 3 rings (SSSR count). The molecule has 0 bridgehead atoms. The number of nitrogens with one attached hydrogen (secondary N) is 1. The predicted octanol–water partition coefficient (Wildman–Crippen LogP) is 3.28. The van der Waals surface area contributed by atoms with Gasteiger partial charge < -0.3 is 14.6 Å². The van der Waals surface area contributed by atoms with Gasteiger partial charge in [-0.15, -0.1) is 11.3 Å². The Hall–Kier alpha value is -1.33. The summed E-state index contributed by atoms with van der Waals surface area (Å²) in [6, 6.07) is 4.04. The highest BCUT2D eigenvalue weighted by Gasteiger charge is 2.30. The molecule has 0 aromatic carbocycles. The number of anilines is 1. The molecule has 0 amide bonds. The Morgan fingerprint density at radius 3 is 2.85 bits per heavy atom. The summed E-state index contributed by atoms with van der Waals surface area (Å²) in [4.78, 5) is 8.41. The highest BCUT2D eigenvalue weighted by molar-refractivity contribution is 7.15. The first kappa shape index (κ1) is 13.6. The average Bonchev–Trinajstić information content (AvgIpc) is 3.05. The highest BCUT2D eigenvalue weighted by Crippen LogP contribution is 2.44. The third-order valence-corrected chi connectivity index (χ3v) is 4.72. The molecule has 0 saturated heterocycles. The van der Waals surface area contributed by atoms with Gasteiger partial charge in [0.25, 0.3) is 0 Å². The summed E-state index contributed by atoms with van der Waals surface area (Å²) < 4.78 is 5.64. The second kappa shape index (κ2) is 5.58. The van der Waals surface area contributed by atoms with E-state index < -0.39 is 0 Å². The van der Waals surface area contributed by atoms with E-state index in [1.54, 1.807) is 11.3 Å². The molecular weight excluding hydrogens is 270 g/mol. The van der Waals surface area contributed by atoms with Crippen LogP contribution in [0.1, 0.15) is 40.9 Å². The molecule has 1 saturated carbocycles. The molecule has 108 valence electrons. The third kappa shape index (κ3) is 2.88. The summed E-state index contributed by atoms with van der Waals surface area (Å²) >= 11 is 1.80. The summed E-state index contributed by atoms with van der Waals surface area (Å²) in [5, 5.41) is 4.33. The zero-order valence-corrected chi connectivity index (χ0v) is 13.1. The van der Waals surface area contributed by atoms with Gasteiger partial charge in [-0.2, -0.15) is 0 Å². The second-order valence-corrected chi connectivity index (χ2v) is 6.54. The second-order valence-electron chi connectivity index (χ2n) is 5.48. The number of aryl methyl sites for hydroxylation is 1. The minimum absolute atomic E-state index is 0.697. The molecule has 1 aliphatic rings. The van der Waals surface area contributed by atoms with E-state index in [4.69, 9.17) is 9.40 Å². The van der Waals surface area contributed by atoms with Crippen LogP contribution >= 0.6 is 11.3 Å². The van der Waals surface area contributed by atoms with E-state index >= 15 is 0 Å². The van der Waals surface area contributed by atoms with Crippen LogP contribution in [0.2, 0.25) is 0 Å². The Morgan fingerprint density at radius 1 is 1.45 bits per heavy atom. The number of hydrogen-bond donors (Lipinski definition) is 1. The normalized spacial score (nSPS) is 14.8. The number of nitrogens with zero attached hydrogens (tertiary/aromatic N) is 2. The fourth-order valence-electron chi connectivity index (χ4n) is 2.35. The minimum atomic E-state index is 0.697. The van der Waals surface area contributed by atoms with Crippen molar-refractivity contribution in [2.24, 2.45) is 0 Å². The summed E-state index contributed by atoms with van der Waals surface area (Å²) in [6.07, 6.45) is 2.59. The Kier molecular flexibility index (Phi) is 3.81. The number of rotatable bonds is 6. The van der Waals surface area contributed by atoms with Crippen LogP contribution < -0.4 is 10.2 Å². The van der Waals surface area contributed by atoms with Crippen LogP contribution in [0.15, 0.2) is 16.5 Å². The average molecular weight is 291 g/mol. The summed E-state index contributed by atoms with van der Waals surface area (Å²) in [5.41, 5.74) is 1.31. The van der Waals surface area contributed by atoms with Crippen LogP contribution in [0, 0.1) is 6.92 Å². The first-order valence-electron chi connectivity index (χ1n) is 7.08. The molecule has 0 spiro atoms. The Balaban J connectivity index is 1.76. The standard InChI is InChI=1S/C15H21N3OS/c1-10-4-7-12(19-10)9-18(3)15-17-14(11-5-6-11)13(20-15)8-16-2/h4,7,11,16H,5-6,8-9H2,1-3H3. The van der Waals surface area contributed by atoms with E-state index in [9.17, 15) is 0 Å². The van der Waals surface area contributed by atoms with Gasteiger partial charge in [-0.3, -0.25) is 0 Å². The Morgan fingerprint density at radius 2 is 2.25 bits per heavy atom. The van der Waals surface area contributed by atoms with Crippen LogP contribution in [-0.4, -0.2) is 19.1 Å². The highest BCUT2D eigenvalue weighted by atomic mass is 32.1. The Bertz CT molecular complexity index is 586. The van der Waals surface area contributed by atoms with Crippen LogP contribution in [0.4, 0.5) is 5.13 Å². The van der Waals surface area contributed by atoms with Crippen LogP contribution in [0.5, 0.6) is 0 Å². The fraction of sp³-hybridized carbons (Fsp3) is 0.533.